The van der Waals surface area contributed by atoms with Gasteiger partial charge in [0.2, 0.25) is 5.91 Å². The van der Waals surface area contributed by atoms with Crippen LogP contribution in [-0.4, -0.2) is 26.4 Å². The lowest BCUT2D eigenvalue weighted by Crippen LogP contribution is -2.31. The average Bonchev–Trinajstić information content (AvgIpc) is 3.31. The van der Waals surface area contributed by atoms with E-state index in [0.717, 1.165) is 12.1 Å². The zero-order valence-corrected chi connectivity index (χ0v) is 16.1. The van der Waals surface area contributed by atoms with Crippen LogP contribution < -0.4 is 10.9 Å². The van der Waals surface area contributed by atoms with E-state index in [1.165, 1.54) is 30.1 Å². The molecule has 1 amide bonds. The average molecular weight is 418 g/mol. The van der Waals surface area contributed by atoms with E-state index in [1.807, 2.05) is 0 Å². The molecule has 1 aromatic carbocycles. The molecule has 0 spiro atoms. The number of fused-ring (bicyclic) bond motifs is 1. The maximum absolute atomic E-state index is 13.8. The van der Waals surface area contributed by atoms with Crippen LogP contribution in [0.15, 0.2) is 44.9 Å². The van der Waals surface area contributed by atoms with Crippen molar-refractivity contribution in [3.8, 4) is 11.3 Å². The van der Waals surface area contributed by atoms with Crippen LogP contribution in [0, 0.1) is 18.6 Å². The summed E-state index contributed by atoms with van der Waals surface area (Å²) in [5.74, 6) is -0.968. The summed E-state index contributed by atoms with van der Waals surface area (Å²) in [6, 6.07) is 4.36. The van der Waals surface area contributed by atoms with Crippen molar-refractivity contribution in [2.24, 2.45) is 0 Å². The molecule has 150 valence electrons. The Morgan fingerprint density at radius 3 is 3.00 bits per heavy atom. The Kier molecular flexibility index (Phi) is 5.18. The highest BCUT2D eigenvalue weighted by Gasteiger charge is 2.27. The van der Waals surface area contributed by atoms with Gasteiger partial charge in [-0.3, -0.25) is 14.2 Å². The van der Waals surface area contributed by atoms with E-state index in [0.29, 0.717) is 22.2 Å². The van der Waals surface area contributed by atoms with E-state index < -0.39 is 11.6 Å². The third-order valence-electron chi connectivity index (χ3n) is 4.54. The lowest BCUT2D eigenvalue weighted by molar-refractivity contribution is -0.121. The Morgan fingerprint density at radius 2 is 2.21 bits per heavy atom. The Bertz CT molecular complexity index is 1140. The summed E-state index contributed by atoms with van der Waals surface area (Å²) >= 11 is 1.44. The van der Waals surface area contributed by atoms with Gasteiger partial charge in [-0.2, -0.15) is 0 Å². The molecule has 0 radical (unpaired) electrons. The number of aryl methyl sites for hydroxylation is 1. The summed E-state index contributed by atoms with van der Waals surface area (Å²) in [4.78, 5) is 28.9. The molecular weight excluding hydrogens is 402 g/mol. The summed E-state index contributed by atoms with van der Waals surface area (Å²) < 4.78 is 33.5. The van der Waals surface area contributed by atoms with Crippen LogP contribution in [0.4, 0.5) is 8.78 Å². The quantitative estimate of drug-likeness (QED) is 0.641. The van der Waals surface area contributed by atoms with Gasteiger partial charge in [0.15, 0.2) is 10.9 Å². The number of nitrogens with one attached hydrogen (secondary N) is 1. The molecule has 0 bridgehead atoms. The number of amides is 1. The van der Waals surface area contributed by atoms with Gasteiger partial charge in [-0.1, -0.05) is 16.9 Å². The third-order valence-corrected chi connectivity index (χ3v) is 5.66. The monoisotopic (exact) mass is 418 g/mol. The van der Waals surface area contributed by atoms with E-state index >= 15 is 0 Å². The number of hydrogen-bond donors (Lipinski definition) is 1. The molecule has 1 atom stereocenters. The second-order valence-corrected chi connectivity index (χ2v) is 7.64. The van der Waals surface area contributed by atoms with Crippen molar-refractivity contribution in [1.29, 1.82) is 0 Å². The number of thioether (sulfide) groups is 1. The molecule has 1 N–H and O–H groups in total. The smallest absolute Gasteiger partial charge is 0.257 e. The second kappa shape index (κ2) is 7.78. The van der Waals surface area contributed by atoms with Crippen molar-refractivity contribution in [3.63, 3.8) is 0 Å². The zero-order chi connectivity index (χ0) is 20.5. The first-order chi connectivity index (χ1) is 13.9. The normalized spacial score (nSPS) is 15.3. The van der Waals surface area contributed by atoms with E-state index in [2.05, 4.69) is 15.5 Å². The number of rotatable bonds is 5. The first kappa shape index (κ1) is 19.3. The van der Waals surface area contributed by atoms with Gasteiger partial charge < -0.3 is 9.84 Å². The highest BCUT2D eigenvalue weighted by molar-refractivity contribution is 7.99. The van der Waals surface area contributed by atoms with Crippen molar-refractivity contribution < 1.29 is 18.1 Å². The van der Waals surface area contributed by atoms with E-state index in [9.17, 15) is 18.4 Å². The van der Waals surface area contributed by atoms with E-state index in [1.54, 1.807) is 11.5 Å². The van der Waals surface area contributed by atoms with Crippen LogP contribution in [0.3, 0.4) is 0 Å². The largest absolute Gasteiger partial charge is 0.356 e. The topological polar surface area (TPSA) is 90.0 Å². The highest BCUT2D eigenvalue weighted by Crippen LogP contribution is 2.31. The van der Waals surface area contributed by atoms with Crippen molar-refractivity contribution in [1.82, 2.24) is 20.0 Å². The predicted octanol–water partition coefficient (Wildman–Crippen LogP) is 2.84. The number of hydrogen-bond acceptors (Lipinski definition) is 6. The Morgan fingerprint density at radius 1 is 1.38 bits per heavy atom. The first-order valence-corrected chi connectivity index (χ1v) is 9.79. The number of halogens is 2. The molecule has 0 saturated heterocycles. The van der Waals surface area contributed by atoms with Gasteiger partial charge in [0.25, 0.3) is 5.56 Å². The van der Waals surface area contributed by atoms with E-state index in [4.69, 9.17) is 4.52 Å². The second-order valence-electron chi connectivity index (χ2n) is 6.65. The van der Waals surface area contributed by atoms with Gasteiger partial charge >= 0.3 is 0 Å². The fourth-order valence-electron chi connectivity index (χ4n) is 3.06. The molecule has 4 rings (SSSR count). The molecule has 2 aromatic heterocycles. The maximum Gasteiger partial charge on any atom is 0.257 e. The van der Waals surface area contributed by atoms with Gasteiger partial charge in [0.1, 0.15) is 17.3 Å². The van der Waals surface area contributed by atoms with Crippen molar-refractivity contribution in [2.45, 2.75) is 31.1 Å². The standard InChI is InChI=1S/C19H16F2N4O3S/c1-10-7-23-19-25(18(10)27)13(9-29-19)6-17(26)22-8-12-5-16(28-24-12)14-3-2-11(20)4-15(14)21/h2-5,7,13H,6,8-9H2,1H3,(H,22,26). The van der Waals surface area contributed by atoms with Crippen LogP contribution in [0.2, 0.25) is 0 Å². The number of carbonyl (C=O) groups is 1. The number of benzene rings is 1. The first-order valence-electron chi connectivity index (χ1n) is 8.81. The predicted molar refractivity (Wildman–Crippen MR) is 101 cm³/mol. The summed E-state index contributed by atoms with van der Waals surface area (Å²) in [6.07, 6.45) is 1.66. The molecule has 0 aliphatic carbocycles. The van der Waals surface area contributed by atoms with E-state index in [-0.39, 0.29) is 41.8 Å². The van der Waals surface area contributed by atoms with Gasteiger partial charge in [0, 0.05) is 36.1 Å². The van der Waals surface area contributed by atoms with Crippen molar-refractivity contribution in [3.05, 3.63) is 63.7 Å². The van der Waals surface area contributed by atoms with Crippen molar-refractivity contribution in [2.75, 3.05) is 5.75 Å². The lowest BCUT2D eigenvalue weighted by Gasteiger charge is -2.13. The number of nitrogens with zero attached hydrogens (tertiary/aromatic N) is 3. The zero-order valence-electron chi connectivity index (χ0n) is 15.3. The Balaban J connectivity index is 1.39. The molecule has 1 unspecified atom stereocenters. The van der Waals surface area contributed by atoms with Gasteiger partial charge in [-0.15, -0.1) is 0 Å². The molecule has 1 aliphatic rings. The third kappa shape index (κ3) is 3.93. The molecule has 29 heavy (non-hydrogen) atoms. The fourth-order valence-corrected chi connectivity index (χ4v) is 4.16. The summed E-state index contributed by atoms with van der Waals surface area (Å²) in [6.45, 7) is 1.77. The summed E-state index contributed by atoms with van der Waals surface area (Å²) in [5, 5.41) is 7.13. The molecular formula is C19H16F2N4O3S. The Labute approximate surface area is 168 Å². The van der Waals surface area contributed by atoms with Gasteiger partial charge in [-0.25, -0.2) is 13.8 Å². The fraction of sp³-hybridized carbons (Fsp3) is 0.263. The number of aromatic nitrogens is 3. The van der Waals surface area contributed by atoms with Crippen LogP contribution in [0.1, 0.15) is 23.7 Å². The SMILES string of the molecule is Cc1cnc2n(c1=O)C(CC(=O)NCc1cc(-c3ccc(F)cc3F)on1)CS2. The van der Waals surface area contributed by atoms with Gasteiger partial charge in [0.05, 0.1) is 18.2 Å². The maximum atomic E-state index is 13.8. The summed E-state index contributed by atoms with van der Waals surface area (Å²) in [5.41, 5.74) is 0.872. The van der Waals surface area contributed by atoms with Gasteiger partial charge in [-0.05, 0) is 19.1 Å². The highest BCUT2D eigenvalue weighted by atomic mass is 32.2. The Hall–Kier alpha value is -3.01. The minimum Gasteiger partial charge on any atom is -0.356 e. The minimum atomic E-state index is -0.761. The molecule has 10 heteroatoms. The molecule has 0 saturated carbocycles. The summed E-state index contributed by atoms with van der Waals surface area (Å²) in [7, 11) is 0. The van der Waals surface area contributed by atoms with Crippen molar-refractivity contribution >= 4 is 17.7 Å². The lowest BCUT2D eigenvalue weighted by atomic mass is 10.1. The number of carbonyl (C=O) groups excluding carboxylic acids is 1. The molecule has 3 aromatic rings. The van der Waals surface area contributed by atoms with Crippen LogP contribution >= 0.6 is 11.8 Å². The minimum absolute atomic E-state index is 0.0818. The molecule has 0 fully saturated rings. The molecule has 1 aliphatic heterocycles. The molecule has 7 nitrogen and oxygen atoms in total. The van der Waals surface area contributed by atoms with Crippen LogP contribution in [0.5, 0.6) is 0 Å². The van der Waals surface area contributed by atoms with Crippen LogP contribution in [0.25, 0.3) is 11.3 Å². The van der Waals surface area contributed by atoms with Crippen LogP contribution in [-0.2, 0) is 11.3 Å². The molecule has 3 heterocycles.